The van der Waals surface area contributed by atoms with Crippen LogP contribution in [0, 0.1) is 32.1 Å². The van der Waals surface area contributed by atoms with E-state index in [1.54, 1.807) is 6.08 Å². The maximum absolute atomic E-state index is 12.7. The number of nitrogens with zero attached hydrogens (tertiary/aromatic N) is 4. The fraction of sp³-hybridized carbons (Fsp3) is 0.214. The van der Waals surface area contributed by atoms with Crippen molar-refractivity contribution >= 4 is 28.7 Å². The molecule has 0 unspecified atom stereocenters. The predicted molar refractivity (Wildman–Crippen MR) is 136 cm³/mol. The van der Waals surface area contributed by atoms with Crippen LogP contribution in [-0.4, -0.2) is 20.7 Å². The molecule has 0 spiro atoms. The van der Waals surface area contributed by atoms with Gasteiger partial charge < -0.3 is 5.32 Å². The molecule has 34 heavy (non-hydrogen) atoms. The quantitative estimate of drug-likeness (QED) is 0.379. The third kappa shape index (κ3) is 4.60. The van der Waals surface area contributed by atoms with Crippen LogP contribution in [0.5, 0.6) is 0 Å². The van der Waals surface area contributed by atoms with E-state index in [9.17, 15) is 10.1 Å². The normalized spacial score (nSPS) is 11.3. The summed E-state index contributed by atoms with van der Waals surface area (Å²) in [6.45, 7) is 10.4. The molecule has 0 saturated heterocycles. The van der Waals surface area contributed by atoms with Crippen LogP contribution in [-0.2, 0) is 4.79 Å². The summed E-state index contributed by atoms with van der Waals surface area (Å²) < 4.78 is 1.51. The Balaban J connectivity index is 1.65. The fourth-order valence-corrected chi connectivity index (χ4v) is 3.98. The second-order valence-corrected chi connectivity index (χ2v) is 8.85. The number of nitrogens with one attached hydrogen (secondary N) is 1. The number of pyridine rings is 1. The van der Waals surface area contributed by atoms with Crippen LogP contribution in [0.3, 0.4) is 0 Å². The van der Waals surface area contributed by atoms with Crippen LogP contribution >= 0.6 is 0 Å². The zero-order valence-corrected chi connectivity index (χ0v) is 20.0. The minimum Gasteiger partial charge on any atom is -0.306 e. The Morgan fingerprint density at radius 1 is 1.09 bits per heavy atom. The number of fused-ring (bicyclic) bond motifs is 1. The van der Waals surface area contributed by atoms with Gasteiger partial charge in [0, 0.05) is 11.5 Å². The molecule has 6 nitrogen and oxygen atoms in total. The van der Waals surface area contributed by atoms with Crippen molar-refractivity contribution in [3.05, 3.63) is 88.1 Å². The third-order valence-electron chi connectivity index (χ3n) is 5.82. The molecule has 1 N–H and O–H groups in total. The van der Waals surface area contributed by atoms with Gasteiger partial charge in [0.1, 0.15) is 11.6 Å². The summed E-state index contributed by atoms with van der Waals surface area (Å²) in [7, 11) is 0. The zero-order chi connectivity index (χ0) is 24.4. The number of aromatic nitrogens is 3. The molecule has 6 heteroatoms. The number of anilines is 1. The molecular weight excluding hydrogens is 422 g/mol. The first-order chi connectivity index (χ1) is 16.3. The molecular formula is C28H27N5O. The molecule has 0 aliphatic heterocycles. The molecule has 0 atom stereocenters. The van der Waals surface area contributed by atoms with Crippen molar-refractivity contribution in [2.75, 3.05) is 5.32 Å². The van der Waals surface area contributed by atoms with E-state index in [0.29, 0.717) is 17.6 Å². The summed E-state index contributed by atoms with van der Waals surface area (Å²) in [5.41, 5.74) is 6.58. The summed E-state index contributed by atoms with van der Waals surface area (Å²) in [6, 6.07) is 16.3. The number of aryl methyl sites for hydroxylation is 3. The topological polar surface area (TPSA) is 83.6 Å². The highest BCUT2D eigenvalue weighted by Gasteiger charge is 2.17. The van der Waals surface area contributed by atoms with Crippen molar-refractivity contribution in [2.45, 2.75) is 40.5 Å². The minimum atomic E-state index is -0.351. The first-order valence-corrected chi connectivity index (χ1v) is 11.2. The van der Waals surface area contributed by atoms with E-state index in [1.807, 2.05) is 32.0 Å². The van der Waals surface area contributed by atoms with Crippen LogP contribution < -0.4 is 5.32 Å². The molecule has 0 bridgehead atoms. The van der Waals surface area contributed by atoms with Crippen molar-refractivity contribution in [2.24, 2.45) is 0 Å². The minimum absolute atomic E-state index is 0.267. The maximum Gasteiger partial charge on any atom is 0.249 e. The van der Waals surface area contributed by atoms with Crippen molar-refractivity contribution < 1.29 is 4.79 Å². The molecule has 0 fully saturated rings. The number of nitriles is 1. The highest BCUT2D eigenvalue weighted by Crippen LogP contribution is 2.26. The number of carbonyl (C=O) groups is 1. The van der Waals surface area contributed by atoms with Gasteiger partial charge in [0.05, 0.1) is 11.7 Å². The van der Waals surface area contributed by atoms with E-state index in [2.05, 4.69) is 61.5 Å². The van der Waals surface area contributed by atoms with Gasteiger partial charge in [0.2, 0.25) is 5.91 Å². The van der Waals surface area contributed by atoms with E-state index in [-0.39, 0.29) is 11.5 Å². The molecule has 2 aromatic heterocycles. The summed E-state index contributed by atoms with van der Waals surface area (Å²) in [6.07, 6.45) is 4.64. The number of carbonyl (C=O) groups excluding carboxylic acids is 1. The molecule has 0 saturated carbocycles. The Bertz CT molecular complexity index is 1450. The van der Waals surface area contributed by atoms with Gasteiger partial charge in [0.25, 0.3) is 0 Å². The van der Waals surface area contributed by atoms with Crippen molar-refractivity contribution in [1.82, 2.24) is 14.8 Å². The van der Waals surface area contributed by atoms with Gasteiger partial charge in [-0.3, -0.25) is 4.79 Å². The number of benzene rings is 2. The summed E-state index contributed by atoms with van der Waals surface area (Å²) in [4.78, 5) is 17.5. The van der Waals surface area contributed by atoms with Crippen LogP contribution in [0.4, 0.5) is 5.82 Å². The first-order valence-electron chi connectivity index (χ1n) is 11.2. The maximum atomic E-state index is 12.7. The number of rotatable bonds is 5. The van der Waals surface area contributed by atoms with Crippen LogP contribution in [0.2, 0.25) is 0 Å². The van der Waals surface area contributed by atoms with Gasteiger partial charge in [-0.1, -0.05) is 49.7 Å². The second kappa shape index (κ2) is 9.32. The molecule has 0 radical (unpaired) electrons. The molecule has 4 rings (SSSR count). The third-order valence-corrected chi connectivity index (χ3v) is 5.82. The highest BCUT2D eigenvalue weighted by atomic mass is 16.1. The number of hydrogen-bond acceptors (Lipinski definition) is 4. The molecule has 170 valence electrons. The van der Waals surface area contributed by atoms with E-state index in [1.165, 1.54) is 28.1 Å². The molecule has 2 aromatic carbocycles. The highest BCUT2D eigenvalue weighted by molar-refractivity contribution is 6.02. The van der Waals surface area contributed by atoms with E-state index >= 15 is 0 Å². The lowest BCUT2D eigenvalue weighted by atomic mass is 10.0. The second-order valence-electron chi connectivity index (χ2n) is 8.85. The van der Waals surface area contributed by atoms with Crippen molar-refractivity contribution in [3.63, 3.8) is 0 Å². The van der Waals surface area contributed by atoms with E-state index in [0.717, 1.165) is 27.6 Å². The Kier molecular flexibility index (Phi) is 6.29. The van der Waals surface area contributed by atoms with Gasteiger partial charge in [-0.2, -0.15) is 15.0 Å². The number of hydrogen-bond donors (Lipinski definition) is 1. The first kappa shape index (κ1) is 22.9. The molecule has 2 heterocycles. The SMILES string of the molecule is Cc1cc(C)c2nc(-n3ncc(C#N)c3NC(=O)/C=C/c3ccc(C(C)C)cc3)cc(C)c2c1. The standard InChI is InChI=1S/C28H27N5O/c1-17(2)22-9-6-21(7-10-22)8-11-26(34)32-28-23(15-29)16-30-33(28)25-14-19(4)24-13-18(3)12-20(5)27(24)31-25/h6-14,16-17H,1-5H3,(H,32,34)/b11-8+. The van der Waals surface area contributed by atoms with Crippen LogP contribution in [0.25, 0.3) is 22.8 Å². The van der Waals surface area contributed by atoms with Gasteiger partial charge in [-0.05, 0) is 67.2 Å². The number of amides is 1. The Labute approximate surface area is 199 Å². The summed E-state index contributed by atoms with van der Waals surface area (Å²) >= 11 is 0. The van der Waals surface area contributed by atoms with E-state index < -0.39 is 0 Å². The molecule has 0 aliphatic carbocycles. The Morgan fingerprint density at radius 2 is 1.82 bits per heavy atom. The molecule has 4 aromatic rings. The van der Waals surface area contributed by atoms with Crippen molar-refractivity contribution in [3.8, 4) is 11.9 Å². The zero-order valence-electron chi connectivity index (χ0n) is 20.0. The average Bonchev–Trinajstić information content (AvgIpc) is 3.21. The van der Waals surface area contributed by atoms with Gasteiger partial charge in [0.15, 0.2) is 11.6 Å². The Morgan fingerprint density at radius 3 is 2.50 bits per heavy atom. The molecule has 1 amide bonds. The van der Waals surface area contributed by atoms with E-state index in [4.69, 9.17) is 4.98 Å². The smallest absolute Gasteiger partial charge is 0.249 e. The van der Waals surface area contributed by atoms with Gasteiger partial charge in [-0.15, -0.1) is 0 Å². The lowest BCUT2D eigenvalue weighted by molar-refractivity contribution is -0.111. The summed E-state index contributed by atoms with van der Waals surface area (Å²) in [5.74, 6) is 0.937. The van der Waals surface area contributed by atoms with Gasteiger partial charge in [-0.25, -0.2) is 4.98 Å². The van der Waals surface area contributed by atoms with Crippen LogP contribution in [0.1, 0.15) is 53.1 Å². The van der Waals surface area contributed by atoms with Gasteiger partial charge >= 0.3 is 0 Å². The van der Waals surface area contributed by atoms with Crippen LogP contribution in [0.15, 0.2) is 54.7 Å². The predicted octanol–water partition coefficient (Wildman–Crippen LogP) is 5.99. The largest absolute Gasteiger partial charge is 0.306 e. The van der Waals surface area contributed by atoms with Crippen molar-refractivity contribution in [1.29, 1.82) is 5.26 Å². The fourth-order valence-electron chi connectivity index (χ4n) is 3.98. The lowest BCUT2D eigenvalue weighted by Gasteiger charge is -2.12. The Hall–Kier alpha value is -4.24. The lowest BCUT2D eigenvalue weighted by Crippen LogP contribution is -2.14. The molecule has 0 aliphatic rings. The average molecular weight is 450 g/mol. The summed E-state index contributed by atoms with van der Waals surface area (Å²) in [5, 5.41) is 17.8. The monoisotopic (exact) mass is 449 g/mol.